The molecule has 0 saturated heterocycles. The molecule has 2 amide bonds. The highest BCUT2D eigenvalue weighted by molar-refractivity contribution is 5.88. The molecule has 3 N–H and O–H groups in total. The summed E-state index contributed by atoms with van der Waals surface area (Å²) >= 11 is 0. The van der Waals surface area contributed by atoms with Crippen LogP contribution in [0.3, 0.4) is 0 Å². The zero-order chi connectivity index (χ0) is 8.39. The molecular weight excluding hydrogens is 156 g/mol. The summed E-state index contributed by atoms with van der Waals surface area (Å²) in [6.07, 6.45) is 3.78. The number of urea groups is 1. The lowest BCUT2D eigenvalue weighted by molar-refractivity contribution is 0.251. The molecule has 1 heterocycles. The van der Waals surface area contributed by atoms with Crippen LogP contribution in [0.4, 0.5) is 10.6 Å². The van der Waals surface area contributed by atoms with Gasteiger partial charge < -0.3 is 5.32 Å². The van der Waals surface area contributed by atoms with Gasteiger partial charge in [-0.3, -0.25) is 10.4 Å². The number of hydrogen-bond acceptors (Lipinski definition) is 2. The molecule has 0 bridgehead atoms. The summed E-state index contributed by atoms with van der Waals surface area (Å²) in [5, 5.41) is 11.8. The average Bonchev–Trinajstić information content (AvgIpc) is 2.66. The summed E-state index contributed by atoms with van der Waals surface area (Å²) in [5.74, 6) is 0.619. The number of carbonyl (C=O) groups excluding carboxylic acids is 1. The molecule has 0 aromatic carbocycles. The van der Waals surface area contributed by atoms with Crippen molar-refractivity contribution >= 4 is 11.8 Å². The van der Waals surface area contributed by atoms with Gasteiger partial charge in [0.2, 0.25) is 0 Å². The van der Waals surface area contributed by atoms with Gasteiger partial charge in [-0.15, -0.1) is 0 Å². The van der Waals surface area contributed by atoms with Crippen LogP contribution in [0.5, 0.6) is 0 Å². The van der Waals surface area contributed by atoms with E-state index in [9.17, 15) is 4.79 Å². The Balaban J connectivity index is 1.82. The monoisotopic (exact) mass is 166 g/mol. The molecule has 5 heteroatoms. The average molecular weight is 166 g/mol. The Morgan fingerprint density at radius 1 is 1.67 bits per heavy atom. The van der Waals surface area contributed by atoms with Crippen molar-refractivity contribution in [2.45, 2.75) is 18.9 Å². The van der Waals surface area contributed by atoms with Gasteiger partial charge in [-0.2, -0.15) is 5.10 Å². The number of aromatic nitrogens is 2. The number of amides is 2. The smallest absolute Gasteiger partial charge is 0.320 e. The Morgan fingerprint density at radius 3 is 3.08 bits per heavy atom. The third-order valence-electron chi connectivity index (χ3n) is 1.66. The topological polar surface area (TPSA) is 69.8 Å². The van der Waals surface area contributed by atoms with Crippen molar-refractivity contribution in [1.82, 2.24) is 15.5 Å². The van der Waals surface area contributed by atoms with Crippen molar-refractivity contribution < 1.29 is 4.79 Å². The number of nitrogens with zero attached hydrogens (tertiary/aromatic N) is 1. The van der Waals surface area contributed by atoms with Crippen LogP contribution in [0.1, 0.15) is 12.8 Å². The van der Waals surface area contributed by atoms with Gasteiger partial charge in [-0.1, -0.05) is 0 Å². The van der Waals surface area contributed by atoms with E-state index in [0.29, 0.717) is 11.9 Å². The van der Waals surface area contributed by atoms with Crippen LogP contribution in [-0.4, -0.2) is 22.3 Å². The summed E-state index contributed by atoms with van der Waals surface area (Å²) in [4.78, 5) is 11.1. The summed E-state index contributed by atoms with van der Waals surface area (Å²) in [6.45, 7) is 0. The quantitative estimate of drug-likeness (QED) is 0.605. The molecule has 1 fully saturated rings. The first-order valence-electron chi connectivity index (χ1n) is 3.91. The van der Waals surface area contributed by atoms with Crippen molar-refractivity contribution in [3.63, 3.8) is 0 Å². The largest absolute Gasteiger partial charge is 0.335 e. The maximum absolute atomic E-state index is 11.1. The molecule has 1 aromatic heterocycles. The molecular formula is C7H10N4O. The number of nitrogens with one attached hydrogen (secondary N) is 3. The number of aromatic amines is 1. The predicted octanol–water partition coefficient (Wildman–Crippen LogP) is 0.694. The maximum atomic E-state index is 11.1. The second kappa shape index (κ2) is 2.84. The minimum Gasteiger partial charge on any atom is -0.335 e. The van der Waals surface area contributed by atoms with Gasteiger partial charge in [0.15, 0.2) is 0 Å². The van der Waals surface area contributed by atoms with Crippen molar-refractivity contribution in [2.75, 3.05) is 5.32 Å². The molecule has 12 heavy (non-hydrogen) atoms. The zero-order valence-electron chi connectivity index (χ0n) is 6.50. The molecule has 0 atom stereocenters. The molecule has 0 unspecified atom stereocenters. The molecule has 0 spiro atoms. The fourth-order valence-electron chi connectivity index (χ4n) is 0.897. The molecule has 0 radical (unpaired) electrons. The Morgan fingerprint density at radius 2 is 2.50 bits per heavy atom. The summed E-state index contributed by atoms with van der Waals surface area (Å²) < 4.78 is 0. The van der Waals surface area contributed by atoms with E-state index in [4.69, 9.17) is 0 Å². The van der Waals surface area contributed by atoms with Crippen molar-refractivity contribution in [1.29, 1.82) is 0 Å². The predicted molar refractivity (Wildman–Crippen MR) is 43.8 cm³/mol. The lowest BCUT2D eigenvalue weighted by Crippen LogP contribution is -2.30. The van der Waals surface area contributed by atoms with Gasteiger partial charge in [0.25, 0.3) is 0 Å². The number of H-pyrrole nitrogens is 1. The highest BCUT2D eigenvalue weighted by atomic mass is 16.2. The van der Waals surface area contributed by atoms with E-state index in [2.05, 4.69) is 20.8 Å². The molecule has 2 rings (SSSR count). The van der Waals surface area contributed by atoms with Crippen LogP contribution in [-0.2, 0) is 0 Å². The number of anilines is 1. The number of hydrogen-bond donors (Lipinski definition) is 3. The third-order valence-corrected chi connectivity index (χ3v) is 1.66. The van der Waals surface area contributed by atoms with Gasteiger partial charge >= 0.3 is 6.03 Å². The normalized spacial score (nSPS) is 15.7. The fourth-order valence-corrected chi connectivity index (χ4v) is 0.897. The van der Waals surface area contributed by atoms with Crippen LogP contribution in [0.15, 0.2) is 12.3 Å². The summed E-state index contributed by atoms with van der Waals surface area (Å²) in [7, 11) is 0. The molecule has 5 nitrogen and oxygen atoms in total. The van der Waals surface area contributed by atoms with E-state index in [1.54, 1.807) is 12.3 Å². The highest BCUT2D eigenvalue weighted by Crippen LogP contribution is 2.18. The Hall–Kier alpha value is -1.52. The second-order valence-corrected chi connectivity index (χ2v) is 2.84. The van der Waals surface area contributed by atoms with Crippen LogP contribution in [0.25, 0.3) is 0 Å². The van der Waals surface area contributed by atoms with E-state index >= 15 is 0 Å². The van der Waals surface area contributed by atoms with Crippen LogP contribution in [0, 0.1) is 0 Å². The number of rotatable bonds is 2. The Labute approximate surface area is 69.5 Å². The van der Waals surface area contributed by atoms with Gasteiger partial charge in [0, 0.05) is 12.1 Å². The lowest BCUT2D eigenvalue weighted by Gasteiger charge is -2.02. The summed E-state index contributed by atoms with van der Waals surface area (Å²) in [5.41, 5.74) is 0. The minimum absolute atomic E-state index is 0.165. The first-order valence-corrected chi connectivity index (χ1v) is 3.91. The second-order valence-electron chi connectivity index (χ2n) is 2.84. The summed E-state index contributed by atoms with van der Waals surface area (Å²) in [6, 6.07) is 1.92. The van der Waals surface area contributed by atoms with Gasteiger partial charge in [0.05, 0.1) is 6.20 Å². The lowest BCUT2D eigenvalue weighted by atomic mass is 10.6. The molecule has 1 aliphatic carbocycles. The molecule has 1 saturated carbocycles. The zero-order valence-corrected chi connectivity index (χ0v) is 6.50. The first kappa shape index (κ1) is 7.15. The van der Waals surface area contributed by atoms with E-state index in [0.717, 1.165) is 12.8 Å². The molecule has 64 valence electrons. The van der Waals surface area contributed by atoms with E-state index in [1.165, 1.54) is 0 Å². The number of carbonyl (C=O) groups is 1. The van der Waals surface area contributed by atoms with Crippen molar-refractivity contribution in [2.24, 2.45) is 0 Å². The minimum atomic E-state index is -0.165. The molecule has 1 aliphatic rings. The van der Waals surface area contributed by atoms with Gasteiger partial charge in [0.1, 0.15) is 5.82 Å². The van der Waals surface area contributed by atoms with Crippen LogP contribution < -0.4 is 10.6 Å². The first-order chi connectivity index (χ1) is 5.84. The van der Waals surface area contributed by atoms with Crippen LogP contribution in [0.2, 0.25) is 0 Å². The molecule has 1 aromatic rings. The standard InChI is InChI=1S/C7H10N4O/c12-7(9-5-1-2-5)10-6-3-4-8-11-6/h3-5H,1-2H2,(H3,8,9,10,11,12). The Bertz CT molecular complexity index is 265. The third kappa shape index (κ3) is 1.75. The molecule has 0 aliphatic heterocycles. The highest BCUT2D eigenvalue weighted by Gasteiger charge is 2.23. The van der Waals surface area contributed by atoms with Gasteiger partial charge in [-0.25, -0.2) is 4.79 Å². The maximum Gasteiger partial charge on any atom is 0.320 e. The van der Waals surface area contributed by atoms with E-state index in [1.807, 2.05) is 0 Å². The van der Waals surface area contributed by atoms with Crippen LogP contribution >= 0.6 is 0 Å². The fraction of sp³-hybridized carbons (Fsp3) is 0.429. The van der Waals surface area contributed by atoms with E-state index < -0.39 is 0 Å². The van der Waals surface area contributed by atoms with Crippen molar-refractivity contribution in [3.05, 3.63) is 12.3 Å². The Kier molecular flexibility index (Phi) is 1.69. The SMILES string of the molecule is O=C(Nc1ccn[nH]1)NC1CC1. The van der Waals surface area contributed by atoms with E-state index in [-0.39, 0.29) is 6.03 Å². The van der Waals surface area contributed by atoms with Gasteiger partial charge in [-0.05, 0) is 12.8 Å². The van der Waals surface area contributed by atoms with Crippen molar-refractivity contribution in [3.8, 4) is 0 Å².